The van der Waals surface area contributed by atoms with E-state index >= 15 is 0 Å². The van der Waals surface area contributed by atoms with E-state index in [1.807, 2.05) is 11.5 Å². The summed E-state index contributed by atoms with van der Waals surface area (Å²) in [5, 5.41) is 5.17. The van der Waals surface area contributed by atoms with Gasteiger partial charge in [-0.25, -0.2) is 0 Å². The first-order valence-electron chi connectivity index (χ1n) is 5.31. The second-order valence-corrected chi connectivity index (χ2v) is 4.33. The summed E-state index contributed by atoms with van der Waals surface area (Å²) in [7, 11) is 0. The Morgan fingerprint density at radius 3 is 3.00 bits per heavy atom. The summed E-state index contributed by atoms with van der Waals surface area (Å²) >= 11 is 1.22. The molecule has 4 heteroatoms. The van der Waals surface area contributed by atoms with Gasteiger partial charge in [0.2, 0.25) is 0 Å². The largest absolute Gasteiger partial charge is 0.315 e. The third-order valence-electron chi connectivity index (χ3n) is 2.15. The van der Waals surface area contributed by atoms with Crippen molar-refractivity contribution >= 4 is 11.3 Å². The second-order valence-electron chi connectivity index (χ2n) is 3.49. The third kappa shape index (κ3) is 5.54. The van der Waals surface area contributed by atoms with Crippen molar-refractivity contribution in [1.29, 1.82) is 0 Å². The van der Waals surface area contributed by atoms with E-state index in [-0.39, 0.29) is 4.87 Å². The van der Waals surface area contributed by atoms with Gasteiger partial charge in [0, 0.05) is 17.6 Å². The smallest absolute Gasteiger partial charge is 0.304 e. The molecule has 0 aliphatic rings. The Hall–Kier alpha value is -0.870. The SMILES string of the molecule is C=CCCCCCNCc1csc(=O)[nH]1. The number of aromatic amines is 1. The van der Waals surface area contributed by atoms with Crippen LogP contribution in [0.15, 0.2) is 22.8 Å². The third-order valence-corrected chi connectivity index (χ3v) is 2.87. The second kappa shape index (κ2) is 7.43. The van der Waals surface area contributed by atoms with Crippen molar-refractivity contribution in [2.75, 3.05) is 6.54 Å². The highest BCUT2D eigenvalue weighted by Gasteiger charge is 1.95. The van der Waals surface area contributed by atoms with Gasteiger partial charge in [0.05, 0.1) is 0 Å². The zero-order valence-electron chi connectivity index (χ0n) is 8.92. The molecule has 0 aliphatic heterocycles. The number of unbranched alkanes of at least 4 members (excludes halogenated alkanes) is 3. The van der Waals surface area contributed by atoms with Crippen LogP contribution in [0.3, 0.4) is 0 Å². The zero-order valence-corrected chi connectivity index (χ0v) is 9.74. The molecule has 0 spiro atoms. The molecule has 0 aromatic carbocycles. The molecule has 0 saturated heterocycles. The van der Waals surface area contributed by atoms with Gasteiger partial charge in [-0.3, -0.25) is 4.79 Å². The molecule has 0 amide bonds. The molecule has 1 aromatic heterocycles. The maximum atomic E-state index is 10.8. The molecule has 1 heterocycles. The van der Waals surface area contributed by atoms with Crippen LogP contribution in [0.2, 0.25) is 0 Å². The minimum atomic E-state index is 0.0257. The van der Waals surface area contributed by atoms with Crippen molar-refractivity contribution in [2.45, 2.75) is 32.2 Å². The van der Waals surface area contributed by atoms with Crippen LogP contribution in [-0.4, -0.2) is 11.5 Å². The van der Waals surface area contributed by atoms with E-state index in [9.17, 15) is 4.79 Å². The molecular formula is C11H18N2OS. The molecule has 2 N–H and O–H groups in total. The van der Waals surface area contributed by atoms with Gasteiger partial charge >= 0.3 is 4.87 Å². The fraction of sp³-hybridized carbons (Fsp3) is 0.545. The molecule has 0 saturated carbocycles. The molecule has 1 rings (SSSR count). The summed E-state index contributed by atoms with van der Waals surface area (Å²) in [6, 6.07) is 0. The minimum Gasteiger partial charge on any atom is -0.315 e. The van der Waals surface area contributed by atoms with Crippen molar-refractivity contribution < 1.29 is 0 Å². The van der Waals surface area contributed by atoms with E-state index in [0.29, 0.717) is 0 Å². The Labute approximate surface area is 94.2 Å². The van der Waals surface area contributed by atoms with E-state index in [0.717, 1.165) is 25.2 Å². The summed E-state index contributed by atoms with van der Waals surface area (Å²) in [4.78, 5) is 13.6. The maximum Gasteiger partial charge on any atom is 0.304 e. The highest BCUT2D eigenvalue weighted by molar-refractivity contribution is 7.07. The first-order chi connectivity index (χ1) is 7.33. The lowest BCUT2D eigenvalue weighted by Crippen LogP contribution is -2.15. The van der Waals surface area contributed by atoms with Crippen molar-refractivity contribution in [2.24, 2.45) is 0 Å². The lowest BCUT2D eigenvalue weighted by molar-refractivity contribution is 0.601. The highest BCUT2D eigenvalue weighted by Crippen LogP contribution is 1.99. The first kappa shape index (κ1) is 12.2. The van der Waals surface area contributed by atoms with Crippen LogP contribution in [-0.2, 0) is 6.54 Å². The van der Waals surface area contributed by atoms with Gasteiger partial charge in [-0.05, 0) is 25.8 Å². The molecule has 0 radical (unpaired) electrons. The van der Waals surface area contributed by atoms with E-state index < -0.39 is 0 Å². The summed E-state index contributed by atoms with van der Waals surface area (Å²) < 4.78 is 0. The lowest BCUT2D eigenvalue weighted by Gasteiger charge is -2.02. The quantitative estimate of drug-likeness (QED) is 0.527. The van der Waals surface area contributed by atoms with Gasteiger partial charge in [0.1, 0.15) is 0 Å². The number of allylic oxidation sites excluding steroid dienone is 1. The van der Waals surface area contributed by atoms with E-state index in [1.54, 1.807) is 0 Å². The van der Waals surface area contributed by atoms with Crippen molar-refractivity contribution in [3.05, 3.63) is 33.4 Å². The van der Waals surface area contributed by atoms with E-state index in [2.05, 4.69) is 16.9 Å². The van der Waals surface area contributed by atoms with Crippen LogP contribution in [0.5, 0.6) is 0 Å². The van der Waals surface area contributed by atoms with Crippen LogP contribution in [0, 0.1) is 0 Å². The summed E-state index contributed by atoms with van der Waals surface area (Å²) in [6.07, 6.45) is 6.71. The molecule has 15 heavy (non-hydrogen) atoms. The van der Waals surface area contributed by atoms with Crippen molar-refractivity contribution in [1.82, 2.24) is 10.3 Å². The first-order valence-corrected chi connectivity index (χ1v) is 6.19. The topological polar surface area (TPSA) is 44.9 Å². The Balaban J connectivity index is 1.97. The molecular weight excluding hydrogens is 208 g/mol. The predicted octanol–water partition coefficient (Wildman–Crippen LogP) is 2.27. The number of hydrogen-bond donors (Lipinski definition) is 2. The summed E-state index contributed by atoms with van der Waals surface area (Å²) in [6.45, 7) is 5.46. The monoisotopic (exact) mass is 226 g/mol. The van der Waals surface area contributed by atoms with Gasteiger partial charge in [-0.1, -0.05) is 23.8 Å². The standard InChI is InChI=1S/C11H18N2OS/c1-2-3-4-5-6-7-12-8-10-9-15-11(14)13-10/h2,9,12H,1,3-8H2,(H,13,14). The number of thiazole rings is 1. The fourth-order valence-corrected chi connectivity index (χ4v) is 1.92. The fourth-order valence-electron chi connectivity index (χ4n) is 1.34. The Morgan fingerprint density at radius 1 is 1.47 bits per heavy atom. The van der Waals surface area contributed by atoms with Gasteiger partial charge in [-0.15, -0.1) is 6.58 Å². The molecule has 3 nitrogen and oxygen atoms in total. The van der Waals surface area contributed by atoms with Crippen LogP contribution in [0.25, 0.3) is 0 Å². The number of nitrogens with one attached hydrogen (secondary N) is 2. The molecule has 0 bridgehead atoms. The van der Waals surface area contributed by atoms with Crippen molar-refractivity contribution in [3.8, 4) is 0 Å². The number of H-pyrrole nitrogens is 1. The Kier molecular flexibility index (Phi) is 6.04. The zero-order chi connectivity index (χ0) is 10.9. The normalized spacial score (nSPS) is 10.4. The lowest BCUT2D eigenvalue weighted by atomic mass is 10.2. The highest BCUT2D eigenvalue weighted by atomic mass is 32.1. The summed E-state index contributed by atoms with van der Waals surface area (Å²) in [5.41, 5.74) is 0.982. The van der Waals surface area contributed by atoms with E-state index in [1.165, 1.54) is 30.6 Å². The van der Waals surface area contributed by atoms with Crippen LogP contribution < -0.4 is 10.2 Å². The average Bonchev–Trinajstić information content (AvgIpc) is 2.63. The number of hydrogen-bond acceptors (Lipinski definition) is 3. The number of aromatic nitrogens is 1. The van der Waals surface area contributed by atoms with Crippen LogP contribution in [0.4, 0.5) is 0 Å². The number of rotatable bonds is 8. The van der Waals surface area contributed by atoms with Gasteiger partial charge < -0.3 is 10.3 Å². The molecule has 84 valence electrons. The Bertz CT molecular complexity index is 329. The van der Waals surface area contributed by atoms with Gasteiger partial charge in [-0.2, -0.15) is 0 Å². The molecule has 0 unspecified atom stereocenters. The molecule has 0 fully saturated rings. The van der Waals surface area contributed by atoms with Gasteiger partial charge in [0.15, 0.2) is 0 Å². The van der Waals surface area contributed by atoms with Crippen molar-refractivity contribution in [3.63, 3.8) is 0 Å². The maximum absolute atomic E-state index is 10.8. The van der Waals surface area contributed by atoms with Crippen LogP contribution in [0.1, 0.15) is 31.4 Å². The molecule has 1 aromatic rings. The average molecular weight is 226 g/mol. The minimum absolute atomic E-state index is 0.0257. The Morgan fingerprint density at radius 2 is 2.33 bits per heavy atom. The molecule has 0 aliphatic carbocycles. The van der Waals surface area contributed by atoms with Crippen LogP contribution >= 0.6 is 11.3 Å². The van der Waals surface area contributed by atoms with Gasteiger partial charge in [0.25, 0.3) is 0 Å². The summed E-state index contributed by atoms with van der Waals surface area (Å²) in [5.74, 6) is 0. The van der Waals surface area contributed by atoms with E-state index in [4.69, 9.17) is 0 Å². The predicted molar refractivity (Wildman–Crippen MR) is 65.3 cm³/mol. The molecule has 0 atom stereocenters.